The summed E-state index contributed by atoms with van der Waals surface area (Å²) in [6.45, 7) is 2.05. The van der Waals surface area contributed by atoms with Crippen molar-refractivity contribution in [3.8, 4) is 0 Å². The van der Waals surface area contributed by atoms with Gasteiger partial charge in [0.2, 0.25) is 0 Å². The number of rotatable bonds is 2. The average molecular weight is 290 g/mol. The highest BCUT2D eigenvalue weighted by Crippen LogP contribution is 2.34. The summed E-state index contributed by atoms with van der Waals surface area (Å²) in [5, 5.41) is 5.49. The maximum absolute atomic E-state index is 6.44. The lowest BCUT2D eigenvalue weighted by Gasteiger charge is -2.28. The lowest BCUT2D eigenvalue weighted by atomic mass is 9.91. The standard InChI is InChI=1S/C16H20ClN3/c1-10-9-14(17)16(13-3-2-8-19-15(10)13)20-12-6-4-11(18)5-7-12/h2-3,8-9,11-12,20H,4-7,18H2,1H3. The molecule has 1 heterocycles. The third kappa shape index (κ3) is 2.60. The van der Waals surface area contributed by atoms with Crippen molar-refractivity contribution in [1.29, 1.82) is 0 Å². The molecular weight excluding hydrogens is 270 g/mol. The lowest BCUT2D eigenvalue weighted by molar-refractivity contribution is 0.411. The molecule has 1 aromatic carbocycles. The van der Waals surface area contributed by atoms with Gasteiger partial charge in [0.1, 0.15) is 0 Å². The molecule has 1 aliphatic carbocycles. The number of hydrogen-bond acceptors (Lipinski definition) is 3. The summed E-state index contributed by atoms with van der Waals surface area (Å²) in [6, 6.07) is 6.85. The molecule has 0 radical (unpaired) electrons. The van der Waals surface area contributed by atoms with Crippen molar-refractivity contribution < 1.29 is 0 Å². The van der Waals surface area contributed by atoms with Crippen LogP contribution >= 0.6 is 11.6 Å². The van der Waals surface area contributed by atoms with Crippen LogP contribution in [0.25, 0.3) is 10.9 Å². The van der Waals surface area contributed by atoms with Crippen molar-refractivity contribution in [2.45, 2.75) is 44.7 Å². The molecule has 1 aromatic heterocycles. The Morgan fingerprint density at radius 3 is 2.80 bits per heavy atom. The number of nitrogens with zero attached hydrogens (tertiary/aromatic N) is 1. The summed E-state index contributed by atoms with van der Waals surface area (Å²) in [5.74, 6) is 0. The second kappa shape index (κ2) is 5.58. The van der Waals surface area contributed by atoms with E-state index in [9.17, 15) is 0 Å². The Kier molecular flexibility index (Phi) is 3.81. The topological polar surface area (TPSA) is 50.9 Å². The van der Waals surface area contributed by atoms with E-state index < -0.39 is 0 Å². The van der Waals surface area contributed by atoms with Crippen LogP contribution in [0, 0.1) is 6.92 Å². The molecule has 0 amide bonds. The SMILES string of the molecule is Cc1cc(Cl)c(NC2CCC(N)CC2)c2cccnc12. The van der Waals surface area contributed by atoms with E-state index in [2.05, 4.69) is 16.4 Å². The number of fused-ring (bicyclic) bond motifs is 1. The highest BCUT2D eigenvalue weighted by molar-refractivity contribution is 6.35. The monoisotopic (exact) mass is 289 g/mol. The van der Waals surface area contributed by atoms with Crippen molar-refractivity contribution in [1.82, 2.24) is 4.98 Å². The molecule has 0 bridgehead atoms. The molecule has 3 rings (SSSR count). The zero-order valence-corrected chi connectivity index (χ0v) is 12.5. The van der Waals surface area contributed by atoms with Crippen molar-refractivity contribution in [2.24, 2.45) is 5.73 Å². The number of aryl methyl sites for hydroxylation is 1. The summed E-state index contributed by atoms with van der Waals surface area (Å²) < 4.78 is 0. The molecule has 1 fully saturated rings. The van der Waals surface area contributed by atoms with Gasteiger partial charge < -0.3 is 11.1 Å². The van der Waals surface area contributed by atoms with Gasteiger partial charge in [0, 0.05) is 23.7 Å². The van der Waals surface area contributed by atoms with E-state index >= 15 is 0 Å². The number of aromatic nitrogens is 1. The molecule has 1 saturated carbocycles. The maximum atomic E-state index is 6.44. The minimum atomic E-state index is 0.361. The Morgan fingerprint density at radius 1 is 1.30 bits per heavy atom. The maximum Gasteiger partial charge on any atom is 0.0752 e. The van der Waals surface area contributed by atoms with Crippen LogP contribution in [0.4, 0.5) is 5.69 Å². The molecule has 1 aliphatic rings. The number of anilines is 1. The van der Waals surface area contributed by atoms with Crippen LogP contribution in [0.1, 0.15) is 31.2 Å². The first-order valence-electron chi connectivity index (χ1n) is 7.21. The molecule has 20 heavy (non-hydrogen) atoms. The smallest absolute Gasteiger partial charge is 0.0752 e. The Hall–Kier alpha value is -1.32. The molecule has 106 valence electrons. The second-order valence-corrected chi connectivity index (χ2v) is 6.11. The molecule has 0 unspecified atom stereocenters. The second-order valence-electron chi connectivity index (χ2n) is 5.71. The van der Waals surface area contributed by atoms with E-state index in [1.165, 1.54) is 0 Å². The van der Waals surface area contributed by atoms with E-state index in [0.29, 0.717) is 12.1 Å². The van der Waals surface area contributed by atoms with Crippen LogP contribution in [0.5, 0.6) is 0 Å². The fourth-order valence-electron chi connectivity index (χ4n) is 2.99. The molecule has 2 aromatic rings. The van der Waals surface area contributed by atoms with Gasteiger partial charge in [-0.2, -0.15) is 0 Å². The Morgan fingerprint density at radius 2 is 2.05 bits per heavy atom. The van der Waals surface area contributed by atoms with Crippen LogP contribution in [0.3, 0.4) is 0 Å². The minimum Gasteiger partial charge on any atom is -0.381 e. The molecule has 0 aliphatic heterocycles. The quantitative estimate of drug-likeness (QED) is 0.882. The van der Waals surface area contributed by atoms with E-state index in [4.69, 9.17) is 17.3 Å². The summed E-state index contributed by atoms with van der Waals surface area (Å²) in [5.41, 5.74) is 9.11. The van der Waals surface area contributed by atoms with E-state index in [0.717, 1.165) is 52.9 Å². The number of benzene rings is 1. The van der Waals surface area contributed by atoms with Crippen LogP contribution in [-0.2, 0) is 0 Å². The zero-order valence-electron chi connectivity index (χ0n) is 11.7. The average Bonchev–Trinajstić information content (AvgIpc) is 2.45. The Labute approximate surface area is 124 Å². The van der Waals surface area contributed by atoms with Gasteiger partial charge in [-0.25, -0.2) is 0 Å². The first-order chi connectivity index (χ1) is 9.65. The molecule has 0 saturated heterocycles. The van der Waals surface area contributed by atoms with E-state index in [1.54, 1.807) is 0 Å². The Bertz CT molecular complexity index is 618. The van der Waals surface area contributed by atoms with Gasteiger partial charge in [-0.05, 0) is 56.4 Å². The highest BCUT2D eigenvalue weighted by Gasteiger charge is 2.20. The largest absolute Gasteiger partial charge is 0.381 e. The van der Waals surface area contributed by atoms with Gasteiger partial charge >= 0.3 is 0 Å². The van der Waals surface area contributed by atoms with Crippen LogP contribution < -0.4 is 11.1 Å². The summed E-state index contributed by atoms with van der Waals surface area (Å²) in [6.07, 6.45) is 6.20. The number of pyridine rings is 1. The zero-order chi connectivity index (χ0) is 14.1. The van der Waals surface area contributed by atoms with Gasteiger partial charge in [0.05, 0.1) is 16.2 Å². The van der Waals surface area contributed by atoms with Crippen LogP contribution in [0.15, 0.2) is 24.4 Å². The lowest BCUT2D eigenvalue weighted by Crippen LogP contribution is -2.32. The first kappa shape index (κ1) is 13.7. The summed E-state index contributed by atoms with van der Waals surface area (Å²) in [7, 11) is 0. The van der Waals surface area contributed by atoms with Crippen LogP contribution in [0.2, 0.25) is 5.02 Å². The summed E-state index contributed by atoms with van der Waals surface area (Å²) >= 11 is 6.44. The fraction of sp³-hybridized carbons (Fsp3) is 0.438. The minimum absolute atomic E-state index is 0.361. The van der Waals surface area contributed by atoms with Gasteiger partial charge in [-0.3, -0.25) is 4.98 Å². The van der Waals surface area contributed by atoms with Gasteiger partial charge in [0.25, 0.3) is 0 Å². The molecule has 0 atom stereocenters. The number of halogens is 1. The fourth-order valence-corrected chi connectivity index (χ4v) is 3.31. The predicted octanol–water partition coefficient (Wildman–Crippen LogP) is 3.88. The van der Waals surface area contributed by atoms with Crippen molar-refractivity contribution in [3.63, 3.8) is 0 Å². The molecular formula is C16H20ClN3. The van der Waals surface area contributed by atoms with Gasteiger partial charge in [-0.15, -0.1) is 0 Å². The Balaban J connectivity index is 1.95. The van der Waals surface area contributed by atoms with Crippen molar-refractivity contribution >= 4 is 28.2 Å². The predicted molar refractivity (Wildman–Crippen MR) is 85.3 cm³/mol. The van der Waals surface area contributed by atoms with Crippen LogP contribution in [-0.4, -0.2) is 17.1 Å². The molecule has 4 heteroatoms. The molecule has 3 nitrogen and oxygen atoms in total. The van der Waals surface area contributed by atoms with Crippen molar-refractivity contribution in [2.75, 3.05) is 5.32 Å². The summed E-state index contributed by atoms with van der Waals surface area (Å²) in [4.78, 5) is 4.47. The van der Waals surface area contributed by atoms with Crippen molar-refractivity contribution in [3.05, 3.63) is 35.0 Å². The third-order valence-corrected chi connectivity index (χ3v) is 4.45. The van der Waals surface area contributed by atoms with Gasteiger partial charge in [0.15, 0.2) is 0 Å². The third-order valence-electron chi connectivity index (χ3n) is 4.15. The normalized spacial score (nSPS) is 22.9. The van der Waals surface area contributed by atoms with E-state index in [1.807, 2.05) is 25.3 Å². The number of hydrogen-bond donors (Lipinski definition) is 2. The van der Waals surface area contributed by atoms with Gasteiger partial charge in [-0.1, -0.05) is 11.6 Å². The number of nitrogens with two attached hydrogens (primary N) is 1. The molecule has 0 spiro atoms. The molecule has 3 N–H and O–H groups in total. The highest BCUT2D eigenvalue weighted by atomic mass is 35.5. The van der Waals surface area contributed by atoms with E-state index in [-0.39, 0.29) is 0 Å². The number of nitrogens with one attached hydrogen (secondary N) is 1. The first-order valence-corrected chi connectivity index (χ1v) is 7.59.